The molecule has 146 valence electrons. The van der Waals surface area contributed by atoms with Gasteiger partial charge in [0.2, 0.25) is 5.89 Å². The van der Waals surface area contributed by atoms with E-state index in [9.17, 15) is 0 Å². The zero-order chi connectivity index (χ0) is 17.6. The summed E-state index contributed by atoms with van der Waals surface area (Å²) in [5.41, 5.74) is 0. The number of rotatable bonds is 6. The zero-order valence-electron chi connectivity index (χ0n) is 16.2. The Bertz CT molecular complexity index is 527. The molecule has 5 heteroatoms. The molecule has 1 aromatic heterocycles. The molecule has 1 aromatic rings. The molecule has 0 aromatic carbocycles. The van der Waals surface area contributed by atoms with E-state index in [4.69, 9.17) is 9.26 Å². The van der Waals surface area contributed by atoms with E-state index in [2.05, 4.69) is 15.0 Å². The van der Waals surface area contributed by atoms with Crippen molar-refractivity contribution in [2.45, 2.75) is 76.5 Å². The van der Waals surface area contributed by atoms with Crippen LogP contribution in [-0.2, 0) is 11.2 Å². The Morgan fingerprint density at radius 3 is 2.42 bits per heavy atom. The summed E-state index contributed by atoms with van der Waals surface area (Å²) in [4.78, 5) is 7.39. The average Bonchev–Trinajstić information content (AvgIpc) is 3.18. The van der Waals surface area contributed by atoms with Crippen LogP contribution in [0.25, 0.3) is 0 Å². The lowest BCUT2D eigenvalue weighted by atomic mass is 9.87. The fourth-order valence-electron chi connectivity index (χ4n) is 5.01. The van der Waals surface area contributed by atoms with Crippen molar-refractivity contribution in [1.82, 2.24) is 15.0 Å². The Balaban J connectivity index is 1.16. The second kappa shape index (κ2) is 9.32. The zero-order valence-corrected chi connectivity index (χ0v) is 16.2. The van der Waals surface area contributed by atoms with E-state index in [-0.39, 0.29) is 0 Å². The van der Waals surface area contributed by atoms with E-state index in [1.54, 1.807) is 0 Å². The number of aromatic nitrogens is 2. The largest absolute Gasteiger partial charge is 0.381 e. The predicted molar refractivity (Wildman–Crippen MR) is 101 cm³/mol. The van der Waals surface area contributed by atoms with Gasteiger partial charge in [0.1, 0.15) is 0 Å². The molecule has 5 nitrogen and oxygen atoms in total. The molecule has 2 saturated heterocycles. The number of aryl methyl sites for hydroxylation is 1. The van der Waals surface area contributed by atoms with Crippen molar-refractivity contribution < 1.29 is 9.26 Å². The number of hydrogen-bond acceptors (Lipinski definition) is 5. The Kier molecular flexibility index (Phi) is 6.60. The average molecular weight is 362 g/mol. The Hall–Kier alpha value is -0.940. The van der Waals surface area contributed by atoms with Crippen molar-refractivity contribution in [2.24, 2.45) is 11.8 Å². The molecule has 0 atom stereocenters. The van der Waals surface area contributed by atoms with Gasteiger partial charge in [-0.3, -0.25) is 0 Å². The van der Waals surface area contributed by atoms with Gasteiger partial charge in [-0.1, -0.05) is 24.4 Å². The summed E-state index contributed by atoms with van der Waals surface area (Å²) in [5.74, 6) is 3.97. The highest BCUT2D eigenvalue weighted by Crippen LogP contribution is 2.28. The number of ether oxygens (including phenoxy) is 1. The van der Waals surface area contributed by atoms with Crippen LogP contribution >= 0.6 is 0 Å². The van der Waals surface area contributed by atoms with Gasteiger partial charge in [-0.05, 0) is 69.9 Å². The van der Waals surface area contributed by atoms with E-state index in [0.717, 1.165) is 56.0 Å². The number of likely N-dealkylation sites (tertiary alicyclic amines) is 1. The quantitative estimate of drug-likeness (QED) is 0.760. The molecule has 1 aliphatic carbocycles. The third-order valence-electron chi connectivity index (χ3n) is 6.78. The molecule has 0 bridgehead atoms. The molecule has 0 N–H and O–H groups in total. The summed E-state index contributed by atoms with van der Waals surface area (Å²) in [6.07, 6.45) is 14.2. The van der Waals surface area contributed by atoms with E-state index in [1.165, 1.54) is 71.0 Å². The van der Waals surface area contributed by atoms with Crippen LogP contribution in [0.4, 0.5) is 0 Å². The van der Waals surface area contributed by atoms with Crippen LogP contribution in [0.3, 0.4) is 0 Å². The minimum absolute atomic E-state index is 0.410. The molecule has 0 radical (unpaired) electrons. The van der Waals surface area contributed by atoms with Gasteiger partial charge in [0.15, 0.2) is 5.82 Å². The second-order valence-corrected chi connectivity index (χ2v) is 8.72. The minimum Gasteiger partial charge on any atom is -0.381 e. The van der Waals surface area contributed by atoms with Crippen molar-refractivity contribution in [1.29, 1.82) is 0 Å². The lowest BCUT2D eigenvalue weighted by molar-refractivity contribution is 0.0778. The van der Waals surface area contributed by atoms with E-state index >= 15 is 0 Å². The molecular formula is C21H35N3O2. The highest BCUT2D eigenvalue weighted by Gasteiger charge is 2.24. The monoisotopic (exact) mass is 361 g/mol. The van der Waals surface area contributed by atoms with Crippen LogP contribution in [0.5, 0.6) is 0 Å². The normalized spacial score (nSPS) is 24.9. The van der Waals surface area contributed by atoms with Gasteiger partial charge in [0, 0.05) is 32.1 Å². The molecule has 4 rings (SSSR count). The molecule has 3 fully saturated rings. The van der Waals surface area contributed by atoms with Gasteiger partial charge < -0.3 is 14.2 Å². The molecule has 0 spiro atoms. The van der Waals surface area contributed by atoms with Gasteiger partial charge in [0.05, 0.1) is 0 Å². The van der Waals surface area contributed by atoms with Crippen molar-refractivity contribution in [3.05, 3.63) is 11.7 Å². The maximum Gasteiger partial charge on any atom is 0.229 e. The minimum atomic E-state index is 0.410. The topological polar surface area (TPSA) is 51.4 Å². The summed E-state index contributed by atoms with van der Waals surface area (Å²) >= 11 is 0. The van der Waals surface area contributed by atoms with Gasteiger partial charge >= 0.3 is 0 Å². The Morgan fingerprint density at radius 1 is 0.885 bits per heavy atom. The Morgan fingerprint density at radius 2 is 1.65 bits per heavy atom. The number of nitrogens with zero attached hydrogens (tertiary/aromatic N) is 3. The third kappa shape index (κ3) is 5.07. The second-order valence-electron chi connectivity index (χ2n) is 8.72. The first-order valence-electron chi connectivity index (χ1n) is 11.0. The van der Waals surface area contributed by atoms with Gasteiger partial charge in [0.25, 0.3) is 0 Å². The fourth-order valence-corrected chi connectivity index (χ4v) is 5.01. The highest BCUT2D eigenvalue weighted by atomic mass is 16.5. The van der Waals surface area contributed by atoms with Crippen LogP contribution in [0.15, 0.2) is 4.52 Å². The third-order valence-corrected chi connectivity index (χ3v) is 6.78. The summed E-state index contributed by atoms with van der Waals surface area (Å²) in [6.45, 7) is 5.58. The van der Waals surface area contributed by atoms with Crippen molar-refractivity contribution in [3.8, 4) is 0 Å². The molecule has 1 saturated carbocycles. The van der Waals surface area contributed by atoms with Crippen LogP contribution in [0.1, 0.15) is 81.8 Å². The number of piperidine rings is 1. The van der Waals surface area contributed by atoms with Gasteiger partial charge in [-0.25, -0.2) is 0 Å². The molecule has 0 amide bonds. The summed E-state index contributed by atoms with van der Waals surface area (Å²) in [6, 6.07) is 0. The van der Waals surface area contributed by atoms with Crippen molar-refractivity contribution in [2.75, 3.05) is 32.8 Å². The lowest BCUT2D eigenvalue weighted by Gasteiger charge is -2.35. The SMILES string of the molecule is C1CCC(CN2CCC(CCc3noc(C4CCOCC4)n3)CC2)CC1. The lowest BCUT2D eigenvalue weighted by Crippen LogP contribution is -2.37. The van der Waals surface area contributed by atoms with Crippen molar-refractivity contribution in [3.63, 3.8) is 0 Å². The first kappa shape index (κ1) is 18.4. The summed E-state index contributed by atoms with van der Waals surface area (Å²) < 4.78 is 10.9. The molecule has 26 heavy (non-hydrogen) atoms. The van der Waals surface area contributed by atoms with Gasteiger partial charge in [-0.2, -0.15) is 4.98 Å². The number of hydrogen-bond donors (Lipinski definition) is 0. The fraction of sp³-hybridized carbons (Fsp3) is 0.905. The van der Waals surface area contributed by atoms with Crippen LogP contribution in [-0.4, -0.2) is 47.9 Å². The standard InChI is InChI=1S/C21H35N3O2/c1-2-4-18(5-3-1)16-24-12-8-17(9-13-24)6-7-20-22-21(26-23-20)19-10-14-25-15-11-19/h17-19H,1-16H2. The van der Waals surface area contributed by atoms with Crippen LogP contribution in [0.2, 0.25) is 0 Å². The highest BCUT2D eigenvalue weighted by molar-refractivity contribution is 4.95. The first-order chi connectivity index (χ1) is 12.9. The van der Waals surface area contributed by atoms with Crippen LogP contribution in [0, 0.1) is 11.8 Å². The van der Waals surface area contributed by atoms with Crippen LogP contribution < -0.4 is 0 Å². The first-order valence-corrected chi connectivity index (χ1v) is 11.0. The van der Waals surface area contributed by atoms with E-state index in [1.807, 2.05) is 0 Å². The maximum absolute atomic E-state index is 5.52. The Labute approximate surface area is 157 Å². The molecule has 2 aliphatic heterocycles. The van der Waals surface area contributed by atoms with Crippen molar-refractivity contribution >= 4 is 0 Å². The van der Waals surface area contributed by atoms with Gasteiger partial charge in [-0.15, -0.1) is 0 Å². The predicted octanol–water partition coefficient (Wildman–Crippen LogP) is 4.19. The van der Waals surface area contributed by atoms with E-state index < -0.39 is 0 Å². The molecule has 3 heterocycles. The molecular weight excluding hydrogens is 326 g/mol. The smallest absolute Gasteiger partial charge is 0.229 e. The summed E-state index contributed by atoms with van der Waals surface area (Å²) in [5, 5.41) is 4.23. The maximum atomic E-state index is 5.52. The van der Waals surface area contributed by atoms with E-state index in [0.29, 0.717) is 5.92 Å². The summed E-state index contributed by atoms with van der Waals surface area (Å²) in [7, 11) is 0. The molecule has 0 unspecified atom stereocenters. The molecule has 3 aliphatic rings.